The van der Waals surface area contributed by atoms with E-state index in [1.807, 2.05) is 72.9 Å². The van der Waals surface area contributed by atoms with E-state index in [0.29, 0.717) is 19.3 Å². The fraction of sp³-hybridized carbons (Fsp3) is 0.508. The molecule has 0 heterocycles. The molecular formula is C63H94O6. The molecule has 0 amide bonds. The maximum atomic E-state index is 12.8. The summed E-state index contributed by atoms with van der Waals surface area (Å²) in [5.74, 6) is -1.06. The molecule has 0 saturated carbocycles. The van der Waals surface area contributed by atoms with Crippen LogP contribution in [-0.4, -0.2) is 37.2 Å². The molecule has 69 heavy (non-hydrogen) atoms. The van der Waals surface area contributed by atoms with Crippen LogP contribution in [0.2, 0.25) is 0 Å². The third kappa shape index (κ3) is 53.6. The molecule has 0 aromatic heterocycles. The molecule has 1 atom stereocenters. The average molecular weight is 947 g/mol. The lowest BCUT2D eigenvalue weighted by Crippen LogP contribution is -2.30. The van der Waals surface area contributed by atoms with Gasteiger partial charge in [-0.05, 0) is 103 Å². The molecule has 0 radical (unpaired) electrons. The van der Waals surface area contributed by atoms with E-state index in [9.17, 15) is 14.4 Å². The summed E-state index contributed by atoms with van der Waals surface area (Å²) in [6.45, 7) is 6.22. The second kappa shape index (κ2) is 55.4. The van der Waals surface area contributed by atoms with Crippen molar-refractivity contribution in [2.24, 2.45) is 0 Å². The molecule has 6 heteroatoms. The number of hydrogen-bond acceptors (Lipinski definition) is 6. The van der Waals surface area contributed by atoms with Crippen molar-refractivity contribution < 1.29 is 28.6 Å². The first kappa shape index (κ1) is 63.8. The number of esters is 3. The van der Waals surface area contributed by atoms with Crippen LogP contribution in [0.25, 0.3) is 0 Å². The zero-order chi connectivity index (χ0) is 50.0. The van der Waals surface area contributed by atoms with Crippen molar-refractivity contribution in [2.75, 3.05) is 13.2 Å². The Balaban J connectivity index is 4.65. The number of carbonyl (C=O) groups is 3. The Morgan fingerprint density at radius 1 is 0.319 bits per heavy atom. The van der Waals surface area contributed by atoms with Crippen LogP contribution < -0.4 is 0 Å². The van der Waals surface area contributed by atoms with Gasteiger partial charge in [0, 0.05) is 19.3 Å². The summed E-state index contributed by atoms with van der Waals surface area (Å²) in [6.07, 6.45) is 81.9. The molecule has 0 aliphatic heterocycles. The van der Waals surface area contributed by atoms with Crippen molar-refractivity contribution >= 4 is 17.9 Å². The molecule has 0 aliphatic carbocycles. The zero-order valence-electron chi connectivity index (χ0n) is 43.5. The second-order valence-corrected chi connectivity index (χ2v) is 16.9. The zero-order valence-corrected chi connectivity index (χ0v) is 43.5. The van der Waals surface area contributed by atoms with E-state index in [2.05, 4.69) is 118 Å². The monoisotopic (exact) mass is 947 g/mol. The molecule has 6 nitrogen and oxygen atoms in total. The van der Waals surface area contributed by atoms with E-state index in [-0.39, 0.29) is 38.0 Å². The van der Waals surface area contributed by atoms with Gasteiger partial charge in [-0.2, -0.15) is 0 Å². The lowest BCUT2D eigenvalue weighted by atomic mass is 10.1. The summed E-state index contributed by atoms with van der Waals surface area (Å²) in [5.41, 5.74) is 0. The number of hydrogen-bond donors (Lipinski definition) is 0. The molecule has 0 aliphatic rings. The second-order valence-electron chi connectivity index (χ2n) is 16.9. The van der Waals surface area contributed by atoms with Gasteiger partial charge in [0.1, 0.15) is 13.2 Å². The molecule has 0 rings (SSSR count). The number of rotatable bonds is 45. The Morgan fingerprint density at radius 3 is 1.12 bits per heavy atom. The molecular weight excluding hydrogens is 853 g/mol. The first-order chi connectivity index (χ1) is 34.0. The molecule has 0 fully saturated rings. The molecule has 0 spiro atoms. The predicted molar refractivity (Wildman–Crippen MR) is 297 cm³/mol. The first-order valence-electron chi connectivity index (χ1n) is 26.8. The van der Waals surface area contributed by atoms with Crippen molar-refractivity contribution in [2.45, 2.75) is 194 Å². The Bertz CT molecular complexity index is 1650. The fourth-order valence-corrected chi connectivity index (χ4v) is 6.45. The third-order valence-electron chi connectivity index (χ3n) is 10.4. The highest BCUT2D eigenvalue weighted by molar-refractivity contribution is 5.71. The SMILES string of the molecule is CC\C=C/C=C\C=C/C=C\C=C\C=C/C=C\CCCCCC(=O)OCC(COC(=O)CCCCCCCC/C=C\C=C/CCCCC)OC(=O)CCC/C=C\C/C=C\C/C=C\C/C=C\C/C=C\CC. The minimum absolute atomic E-state index is 0.131. The summed E-state index contributed by atoms with van der Waals surface area (Å²) in [4.78, 5) is 38.1. The van der Waals surface area contributed by atoms with Crippen molar-refractivity contribution in [3.8, 4) is 0 Å². The highest BCUT2D eigenvalue weighted by Crippen LogP contribution is 2.12. The van der Waals surface area contributed by atoms with Gasteiger partial charge in [0.15, 0.2) is 6.10 Å². The van der Waals surface area contributed by atoms with Crippen molar-refractivity contribution in [1.29, 1.82) is 0 Å². The Kier molecular flexibility index (Phi) is 51.2. The lowest BCUT2D eigenvalue weighted by molar-refractivity contribution is -0.167. The topological polar surface area (TPSA) is 78.9 Å². The summed E-state index contributed by atoms with van der Waals surface area (Å²) in [6, 6.07) is 0. The summed E-state index contributed by atoms with van der Waals surface area (Å²) < 4.78 is 16.7. The van der Waals surface area contributed by atoms with Gasteiger partial charge in [0.05, 0.1) is 0 Å². The van der Waals surface area contributed by atoms with Crippen LogP contribution in [-0.2, 0) is 28.6 Å². The van der Waals surface area contributed by atoms with Gasteiger partial charge in [-0.25, -0.2) is 0 Å². The summed E-state index contributed by atoms with van der Waals surface area (Å²) >= 11 is 0. The summed E-state index contributed by atoms with van der Waals surface area (Å²) in [5, 5.41) is 0. The van der Waals surface area contributed by atoms with Gasteiger partial charge in [-0.3, -0.25) is 14.4 Å². The van der Waals surface area contributed by atoms with E-state index >= 15 is 0 Å². The van der Waals surface area contributed by atoms with Crippen molar-refractivity contribution in [1.82, 2.24) is 0 Å². The van der Waals surface area contributed by atoms with Gasteiger partial charge in [-0.15, -0.1) is 0 Å². The molecule has 382 valence electrons. The van der Waals surface area contributed by atoms with Gasteiger partial charge < -0.3 is 14.2 Å². The quantitative estimate of drug-likeness (QED) is 0.0199. The van der Waals surface area contributed by atoms with Gasteiger partial charge in [0.25, 0.3) is 0 Å². The maximum Gasteiger partial charge on any atom is 0.306 e. The number of ether oxygens (including phenoxy) is 3. The van der Waals surface area contributed by atoms with E-state index in [4.69, 9.17) is 14.2 Å². The summed E-state index contributed by atoms with van der Waals surface area (Å²) in [7, 11) is 0. The minimum Gasteiger partial charge on any atom is -0.462 e. The highest BCUT2D eigenvalue weighted by atomic mass is 16.6. The van der Waals surface area contributed by atoms with Crippen LogP contribution in [0.15, 0.2) is 170 Å². The predicted octanol–water partition coefficient (Wildman–Crippen LogP) is 18.0. The standard InChI is InChI=1S/C63H94O6/c1-4-7-10-13-16-19-22-25-28-30-31-33-35-38-41-44-47-50-53-56-62(65)68-59-60(58-67-61(64)55-52-49-46-43-40-37-34-27-24-21-18-15-12-9-6-3)69-63(66)57-54-51-48-45-42-39-36-32-29-26-23-20-17-14-11-8-5-2/h7-8,10-11,13,16-22,24-31,33,35-36,38-39,41,45,48,60H,4-6,9,12,14-15,23,32,34,37,40,42-44,46-47,49-59H2,1-3H3/b10-7-,11-8-,16-13-,20-17-,21-18-,22-19-,27-24-,28-25-,29-26-,31-30+,35-33-,39-36-,41-38-,48-45-. The minimum atomic E-state index is -0.842. The van der Waals surface area contributed by atoms with Crippen LogP contribution in [0.1, 0.15) is 188 Å². The van der Waals surface area contributed by atoms with E-state index in [0.717, 1.165) is 103 Å². The van der Waals surface area contributed by atoms with Gasteiger partial charge in [0.2, 0.25) is 0 Å². The van der Waals surface area contributed by atoms with Crippen LogP contribution in [0.4, 0.5) is 0 Å². The van der Waals surface area contributed by atoms with Crippen molar-refractivity contribution in [3.63, 3.8) is 0 Å². The smallest absolute Gasteiger partial charge is 0.306 e. The fourth-order valence-electron chi connectivity index (χ4n) is 6.45. The lowest BCUT2D eigenvalue weighted by Gasteiger charge is -2.18. The van der Waals surface area contributed by atoms with Crippen LogP contribution in [0.3, 0.4) is 0 Å². The largest absolute Gasteiger partial charge is 0.462 e. The Labute approximate surface area is 422 Å². The van der Waals surface area contributed by atoms with Crippen molar-refractivity contribution in [3.05, 3.63) is 170 Å². The normalized spacial score (nSPS) is 13.5. The maximum absolute atomic E-state index is 12.8. The van der Waals surface area contributed by atoms with E-state index < -0.39 is 12.1 Å². The number of allylic oxidation sites excluding steroid dienone is 28. The number of unbranched alkanes of at least 4 members (excludes halogenated alkanes) is 13. The molecule has 0 N–H and O–H groups in total. The Morgan fingerprint density at radius 2 is 0.652 bits per heavy atom. The first-order valence-corrected chi connectivity index (χ1v) is 26.8. The van der Waals surface area contributed by atoms with E-state index in [1.165, 1.54) is 32.1 Å². The molecule has 0 bridgehead atoms. The molecule has 1 unspecified atom stereocenters. The molecule has 0 saturated heterocycles. The van der Waals surface area contributed by atoms with Crippen LogP contribution in [0.5, 0.6) is 0 Å². The highest BCUT2D eigenvalue weighted by Gasteiger charge is 2.19. The average Bonchev–Trinajstić information content (AvgIpc) is 3.35. The third-order valence-corrected chi connectivity index (χ3v) is 10.4. The number of carbonyl (C=O) groups excluding carboxylic acids is 3. The Hall–Kier alpha value is -5.23. The van der Waals surface area contributed by atoms with Gasteiger partial charge >= 0.3 is 17.9 Å². The molecule has 0 aromatic carbocycles. The van der Waals surface area contributed by atoms with Crippen LogP contribution >= 0.6 is 0 Å². The molecule has 0 aromatic rings. The van der Waals surface area contributed by atoms with Crippen LogP contribution in [0, 0.1) is 0 Å². The van der Waals surface area contributed by atoms with Gasteiger partial charge in [-0.1, -0.05) is 236 Å². The van der Waals surface area contributed by atoms with E-state index in [1.54, 1.807) is 0 Å².